The van der Waals surface area contributed by atoms with Gasteiger partial charge in [-0.25, -0.2) is 9.78 Å². The van der Waals surface area contributed by atoms with Gasteiger partial charge in [-0.1, -0.05) is 0 Å². The standard InChI is InChI=1S/C11H9N2O2/c1-2-15-11(14)8-3-4-9-10(7-8)13-6-5-12-9/h3-5,7H,2H2,1H3. The van der Waals surface area contributed by atoms with E-state index in [0.29, 0.717) is 17.7 Å². The number of fused-ring (bicyclic) bond motifs is 1. The summed E-state index contributed by atoms with van der Waals surface area (Å²) in [6, 6.07) is 5.06. The van der Waals surface area contributed by atoms with E-state index in [2.05, 4.69) is 16.2 Å². The molecule has 0 aliphatic rings. The summed E-state index contributed by atoms with van der Waals surface area (Å²) in [5, 5.41) is 0. The van der Waals surface area contributed by atoms with E-state index in [1.54, 1.807) is 25.1 Å². The molecule has 0 atom stereocenters. The number of rotatable bonds is 2. The fourth-order valence-electron chi connectivity index (χ4n) is 1.26. The van der Waals surface area contributed by atoms with E-state index in [0.717, 1.165) is 5.52 Å². The van der Waals surface area contributed by atoms with Crippen LogP contribution in [0.5, 0.6) is 0 Å². The molecule has 4 heteroatoms. The summed E-state index contributed by atoms with van der Waals surface area (Å²) in [6.07, 6.45) is 4.11. The van der Waals surface area contributed by atoms with Crippen molar-refractivity contribution in [3.63, 3.8) is 0 Å². The van der Waals surface area contributed by atoms with Crippen LogP contribution in [0, 0.1) is 6.20 Å². The lowest BCUT2D eigenvalue weighted by atomic mass is 10.2. The monoisotopic (exact) mass is 201 g/mol. The van der Waals surface area contributed by atoms with Gasteiger partial charge in [0.15, 0.2) is 0 Å². The van der Waals surface area contributed by atoms with Gasteiger partial charge in [0.25, 0.3) is 0 Å². The Hall–Kier alpha value is -1.97. The lowest BCUT2D eigenvalue weighted by molar-refractivity contribution is 0.0526. The molecule has 0 aliphatic heterocycles. The number of ether oxygens (including phenoxy) is 1. The highest BCUT2D eigenvalue weighted by Crippen LogP contribution is 2.11. The Morgan fingerprint density at radius 3 is 3.13 bits per heavy atom. The lowest BCUT2D eigenvalue weighted by Gasteiger charge is -2.01. The second kappa shape index (κ2) is 4.04. The minimum absolute atomic E-state index is 0.343. The third kappa shape index (κ3) is 1.93. The number of hydrogen-bond acceptors (Lipinski definition) is 4. The van der Waals surface area contributed by atoms with Crippen molar-refractivity contribution >= 4 is 17.0 Å². The Balaban J connectivity index is 2.42. The zero-order valence-electron chi connectivity index (χ0n) is 8.23. The molecule has 1 heterocycles. The van der Waals surface area contributed by atoms with E-state index >= 15 is 0 Å². The van der Waals surface area contributed by atoms with Crippen LogP contribution in [-0.2, 0) is 4.74 Å². The first-order valence-electron chi connectivity index (χ1n) is 4.61. The van der Waals surface area contributed by atoms with Crippen LogP contribution < -0.4 is 0 Å². The second-order valence-corrected chi connectivity index (χ2v) is 2.92. The minimum atomic E-state index is -0.343. The van der Waals surface area contributed by atoms with Gasteiger partial charge >= 0.3 is 5.97 Å². The molecule has 0 fully saturated rings. The summed E-state index contributed by atoms with van der Waals surface area (Å²) < 4.78 is 4.88. The van der Waals surface area contributed by atoms with Gasteiger partial charge in [0, 0.05) is 0 Å². The quantitative estimate of drug-likeness (QED) is 0.692. The summed E-state index contributed by atoms with van der Waals surface area (Å²) in [5.74, 6) is -0.343. The van der Waals surface area contributed by atoms with Crippen molar-refractivity contribution in [1.82, 2.24) is 9.97 Å². The Labute approximate surface area is 86.9 Å². The molecule has 1 aromatic carbocycles. The molecule has 0 saturated carbocycles. The molecule has 2 aromatic rings. The smallest absolute Gasteiger partial charge is 0.338 e. The first-order chi connectivity index (χ1) is 7.31. The van der Waals surface area contributed by atoms with Crippen molar-refractivity contribution in [2.24, 2.45) is 0 Å². The topological polar surface area (TPSA) is 52.1 Å². The molecule has 15 heavy (non-hydrogen) atoms. The van der Waals surface area contributed by atoms with Gasteiger partial charge in [-0.05, 0) is 25.1 Å². The predicted molar refractivity (Wildman–Crippen MR) is 54.3 cm³/mol. The van der Waals surface area contributed by atoms with E-state index in [4.69, 9.17) is 4.74 Å². The molecule has 0 aliphatic carbocycles. The molecule has 1 aromatic heterocycles. The Kier molecular flexibility index (Phi) is 2.58. The highest BCUT2D eigenvalue weighted by atomic mass is 16.5. The van der Waals surface area contributed by atoms with E-state index < -0.39 is 0 Å². The van der Waals surface area contributed by atoms with Crippen molar-refractivity contribution in [1.29, 1.82) is 0 Å². The number of benzene rings is 1. The van der Waals surface area contributed by atoms with Crippen LogP contribution in [0.15, 0.2) is 24.4 Å². The van der Waals surface area contributed by atoms with Gasteiger partial charge in [0.1, 0.15) is 6.20 Å². The van der Waals surface area contributed by atoms with E-state index in [-0.39, 0.29) is 5.97 Å². The third-order valence-corrected chi connectivity index (χ3v) is 1.93. The molecule has 0 bridgehead atoms. The van der Waals surface area contributed by atoms with E-state index in [9.17, 15) is 4.79 Å². The Bertz CT molecular complexity index is 497. The van der Waals surface area contributed by atoms with Gasteiger partial charge in [0.05, 0.1) is 29.4 Å². The number of esters is 1. The van der Waals surface area contributed by atoms with E-state index in [1.165, 1.54) is 6.20 Å². The summed E-state index contributed by atoms with van der Waals surface area (Å²) in [6.45, 7) is 2.13. The SMILES string of the molecule is CCOC(=O)c1ccc2nc[c]nc2c1. The summed E-state index contributed by atoms with van der Waals surface area (Å²) in [5.41, 5.74) is 1.86. The summed E-state index contributed by atoms with van der Waals surface area (Å²) >= 11 is 0. The molecular weight excluding hydrogens is 192 g/mol. The first kappa shape index (κ1) is 9.58. The molecule has 0 saturated heterocycles. The minimum Gasteiger partial charge on any atom is -0.462 e. The number of aromatic nitrogens is 2. The highest BCUT2D eigenvalue weighted by molar-refractivity contribution is 5.93. The number of hydrogen-bond donors (Lipinski definition) is 0. The summed E-state index contributed by atoms with van der Waals surface area (Å²) in [4.78, 5) is 19.5. The molecular formula is C11H9N2O2. The molecule has 2 rings (SSSR count). The average molecular weight is 201 g/mol. The second-order valence-electron chi connectivity index (χ2n) is 2.92. The average Bonchev–Trinajstić information content (AvgIpc) is 2.29. The zero-order chi connectivity index (χ0) is 10.7. The van der Waals surface area contributed by atoms with Crippen molar-refractivity contribution in [3.05, 3.63) is 36.2 Å². The van der Waals surface area contributed by atoms with Crippen LogP contribution in [0.3, 0.4) is 0 Å². The third-order valence-electron chi connectivity index (χ3n) is 1.93. The van der Waals surface area contributed by atoms with Crippen LogP contribution in [0.25, 0.3) is 11.0 Å². The fraction of sp³-hybridized carbons (Fsp3) is 0.182. The van der Waals surface area contributed by atoms with Crippen molar-refractivity contribution in [2.45, 2.75) is 6.92 Å². The van der Waals surface area contributed by atoms with Crippen LogP contribution in [0.1, 0.15) is 17.3 Å². The number of carbonyl (C=O) groups excluding carboxylic acids is 1. The van der Waals surface area contributed by atoms with Gasteiger partial charge in [-0.15, -0.1) is 0 Å². The van der Waals surface area contributed by atoms with Crippen molar-refractivity contribution < 1.29 is 9.53 Å². The maximum atomic E-state index is 11.4. The van der Waals surface area contributed by atoms with Gasteiger partial charge in [-0.3, -0.25) is 4.98 Å². The molecule has 0 spiro atoms. The van der Waals surface area contributed by atoms with E-state index in [1.807, 2.05) is 0 Å². The Morgan fingerprint density at radius 2 is 2.33 bits per heavy atom. The van der Waals surface area contributed by atoms with Crippen LogP contribution in [0.4, 0.5) is 0 Å². The lowest BCUT2D eigenvalue weighted by Crippen LogP contribution is -2.04. The predicted octanol–water partition coefficient (Wildman–Crippen LogP) is 1.61. The zero-order valence-corrected chi connectivity index (χ0v) is 8.23. The maximum absolute atomic E-state index is 11.4. The molecule has 0 unspecified atom stereocenters. The van der Waals surface area contributed by atoms with Crippen LogP contribution in [0.2, 0.25) is 0 Å². The molecule has 75 valence electrons. The maximum Gasteiger partial charge on any atom is 0.338 e. The molecule has 1 radical (unpaired) electrons. The largest absolute Gasteiger partial charge is 0.462 e. The van der Waals surface area contributed by atoms with Crippen LogP contribution >= 0.6 is 0 Å². The van der Waals surface area contributed by atoms with Crippen LogP contribution in [-0.4, -0.2) is 22.5 Å². The Morgan fingerprint density at radius 1 is 1.47 bits per heavy atom. The van der Waals surface area contributed by atoms with Gasteiger partial charge < -0.3 is 4.74 Å². The molecule has 0 N–H and O–H groups in total. The fourth-order valence-corrected chi connectivity index (χ4v) is 1.26. The van der Waals surface area contributed by atoms with Crippen molar-refractivity contribution in [3.8, 4) is 0 Å². The number of carbonyl (C=O) groups is 1. The van der Waals surface area contributed by atoms with Crippen molar-refractivity contribution in [2.75, 3.05) is 6.61 Å². The number of nitrogens with zero attached hydrogens (tertiary/aromatic N) is 2. The summed E-state index contributed by atoms with van der Waals surface area (Å²) in [7, 11) is 0. The van der Waals surface area contributed by atoms with Gasteiger partial charge in [-0.2, -0.15) is 0 Å². The molecule has 0 amide bonds. The van der Waals surface area contributed by atoms with Gasteiger partial charge in [0.2, 0.25) is 0 Å². The molecule has 4 nitrogen and oxygen atoms in total. The first-order valence-corrected chi connectivity index (χ1v) is 4.61. The highest BCUT2D eigenvalue weighted by Gasteiger charge is 2.07. The normalized spacial score (nSPS) is 10.2.